The van der Waals surface area contributed by atoms with Crippen LogP contribution in [0.15, 0.2) is 0 Å². The van der Waals surface area contributed by atoms with E-state index >= 15 is 0 Å². The molecule has 3 rings (SSSR count). The molecule has 0 bridgehead atoms. The van der Waals surface area contributed by atoms with Crippen LogP contribution in [-0.2, 0) is 0 Å². The van der Waals surface area contributed by atoms with Crippen LogP contribution >= 0.6 is 0 Å². The monoisotopic (exact) mass is 250 g/mol. The quantitative estimate of drug-likeness (QED) is 0.743. The molecule has 1 spiro atoms. The van der Waals surface area contributed by atoms with E-state index in [9.17, 15) is 0 Å². The van der Waals surface area contributed by atoms with E-state index in [1.54, 1.807) is 0 Å². The number of nitrogens with zero attached hydrogens (tertiary/aromatic N) is 2. The summed E-state index contributed by atoms with van der Waals surface area (Å²) in [5, 5.41) is 0. The van der Waals surface area contributed by atoms with Crippen LogP contribution in [-0.4, -0.2) is 48.6 Å². The Labute approximate surface area is 113 Å². The molecule has 0 N–H and O–H groups in total. The molecular weight excluding hydrogens is 220 g/mol. The van der Waals surface area contributed by atoms with E-state index in [0.717, 1.165) is 6.04 Å². The highest BCUT2D eigenvalue weighted by molar-refractivity contribution is 5.01. The first-order chi connectivity index (χ1) is 8.52. The van der Waals surface area contributed by atoms with Crippen LogP contribution < -0.4 is 0 Å². The van der Waals surface area contributed by atoms with Crippen LogP contribution in [0.5, 0.6) is 0 Å². The SMILES string of the molecule is CCN1CC2(CCCC(N3CCC(C)(C)C3)C2)C1. The summed E-state index contributed by atoms with van der Waals surface area (Å²) in [6, 6.07) is 0.902. The molecule has 1 saturated carbocycles. The van der Waals surface area contributed by atoms with Gasteiger partial charge in [0.1, 0.15) is 0 Å². The minimum atomic E-state index is 0.569. The molecular formula is C16H30N2. The van der Waals surface area contributed by atoms with Gasteiger partial charge in [-0.2, -0.15) is 0 Å². The maximum Gasteiger partial charge on any atom is 0.0102 e. The molecule has 3 fully saturated rings. The molecule has 1 atom stereocenters. The molecule has 104 valence electrons. The Balaban J connectivity index is 1.58. The van der Waals surface area contributed by atoms with Crippen LogP contribution in [0.2, 0.25) is 0 Å². The Hall–Kier alpha value is -0.0800. The topological polar surface area (TPSA) is 6.48 Å². The lowest BCUT2D eigenvalue weighted by Gasteiger charge is -2.55. The zero-order valence-corrected chi connectivity index (χ0v) is 12.5. The molecule has 0 aromatic carbocycles. The van der Waals surface area contributed by atoms with Gasteiger partial charge in [-0.05, 0) is 49.6 Å². The Morgan fingerprint density at radius 1 is 1.11 bits per heavy atom. The number of likely N-dealkylation sites (tertiary alicyclic amines) is 2. The molecule has 2 nitrogen and oxygen atoms in total. The zero-order chi connectivity index (χ0) is 12.8. The molecule has 0 radical (unpaired) electrons. The van der Waals surface area contributed by atoms with Gasteiger partial charge < -0.3 is 4.90 Å². The van der Waals surface area contributed by atoms with E-state index in [4.69, 9.17) is 0 Å². The summed E-state index contributed by atoms with van der Waals surface area (Å²) in [6.45, 7) is 13.9. The molecule has 18 heavy (non-hydrogen) atoms. The van der Waals surface area contributed by atoms with Gasteiger partial charge in [-0.25, -0.2) is 0 Å². The van der Waals surface area contributed by atoms with Crippen molar-refractivity contribution < 1.29 is 0 Å². The lowest BCUT2D eigenvalue weighted by Crippen LogP contribution is -2.59. The van der Waals surface area contributed by atoms with Crippen molar-refractivity contribution in [2.24, 2.45) is 10.8 Å². The molecule has 0 aromatic heterocycles. The third-order valence-electron chi connectivity index (χ3n) is 5.70. The van der Waals surface area contributed by atoms with Crippen LogP contribution in [0.4, 0.5) is 0 Å². The van der Waals surface area contributed by atoms with Gasteiger partial charge in [0.25, 0.3) is 0 Å². The summed E-state index contributed by atoms with van der Waals surface area (Å²) in [5.74, 6) is 0. The van der Waals surface area contributed by atoms with Crippen LogP contribution in [0.3, 0.4) is 0 Å². The molecule has 3 aliphatic rings. The van der Waals surface area contributed by atoms with Crippen molar-refractivity contribution >= 4 is 0 Å². The first-order valence-corrected chi connectivity index (χ1v) is 7.98. The number of hydrogen-bond donors (Lipinski definition) is 0. The smallest absolute Gasteiger partial charge is 0.0102 e. The molecule has 2 aliphatic heterocycles. The fraction of sp³-hybridized carbons (Fsp3) is 1.00. The first kappa shape index (κ1) is 12.9. The van der Waals surface area contributed by atoms with Gasteiger partial charge in [0.05, 0.1) is 0 Å². The molecule has 1 unspecified atom stereocenters. The average Bonchev–Trinajstić information content (AvgIpc) is 2.66. The van der Waals surface area contributed by atoms with Crippen molar-refractivity contribution in [2.45, 2.75) is 58.9 Å². The lowest BCUT2D eigenvalue weighted by molar-refractivity contribution is -0.0492. The summed E-state index contributed by atoms with van der Waals surface area (Å²) in [5.41, 5.74) is 1.28. The lowest BCUT2D eigenvalue weighted by atomic mass is 9.66. The predicted octanol–water partition coefficient (Wildman–Crippen LogP) is 2.98. The van der Waals surface area contributed by atoms with E-state index in [1.807, 2.05) is 0 Å². The van der Waals surface area contributed by atoms with Crippen molar-refractivity contribution in [1.29, 1.82) is 0 Å². The largest absolute Gasteiger partial charge is 0.302 e. The van der Waals surface area contributed by atoms with Crippen LogP contribution in [0.25, 0.3) is 0 Å². The second-order valence-electron chi connectivity index (χ2n) is 7.94. The summed E-state index contributed by atoms with van der Waals surface area (Å²) in [7, 11) is 0. The third kappa shape index (κ3) is 2.34. The van der Waals surface area contributed by atoms with Crippen molar-refractivity contribution in [3.05, 3.63) is 0 Å². The normalized spacial score (nSPS) is 35.8. The van der Waals surface area contributed by atoms with Gasteiger partial charge in [-0.1, -0.05) is 27.2 Å². The van der Waals surface area contributed by atoms with Crippen molar-refractivity contribution in [3.63, 3.8) is 0 Å². The fourth-order valence-electron chi connectivity index (χ4n) is 4.61. The molecule has 2 heteroatoms. The molecule has 2 saturated heterocycles. The van der Waals surface area contributed by atoms with Crippen molar-refractivity contribution in [2.75, 3.05) is 32.7 Å². The number of rotatable bonds is 2. The summed E-state index contributed by atoms with van der Waals surface area (Å²) < 4.78 is 0. The molecule has 0 aromatic rings. The summed E-state index contributed by atoms with van der Waals surface area (Å²) in [4.78, 5) is 5.44. The van der Waals surface area contributed by atoms with E-state index < -0.39 is 0 Å². The van der Waals surface area contributed by atoms with Gasteiger partial charge in [0.15, 0.2) is 0 Å². The van der Waals surface area contributed by atoms with Crippen LogP contribution in [0.1, 0.15) is 52.9 Å². The number of hydrogen-bond acceptors (Lipinski definition) is 2. The van der Waals surface area contributed by atoms with Gasteiger partial charge >= 0.3 is 0 Å². The average molecular weight is 250 g/mol. The minimum absolute atomic E-state index is 0.569. The highest BCUT2D eigenvalue weighted by Crippen LogP contribution is 2.46. The third-order valence-corrected chi connectivity index (χ3v) is 5.70. The van der Waals surface area contributed by atoms with Crippen LogP contribution in [0, 0.1) is 10.8 Å². The standard InChI is InChI=1S/C16H30N2/c1-4-17-12-16(13-17)7-5-6-14(10-16)18-9-8-15(2,3)11-18/h14H,4-13H2,1-3H3. The second kappa shape index (κ2) is 4.49. The highest BCUT2D eigenvalue weighted by atomic mass is 15.2. The van der Waals surface area contributed by atoms with Crippen molar-refractivity contribution in [1.82, 2.24) is 9.80 Å². The Kier molecular flexibility index (Phi) is 3.22. The Bertz CT molecular complexity index is 304. The van der Waals surface area contributed by atoms with E-state index in [2.05, 4.69) is 30.6 Å². The zero-order valence-electron chi connectivity index (χ0n) is 12.5. The maximum atomic E-state index is 2.81. The first-order valence-electron chi connectivity index (χ1n) is 7.98. The minimum Gasteiger partial charge on any atom is -0.302 e. The van der Waals surface area contributed by atoms with Gasteiger partial charge in [-0.15, -0.1) is 0 Å². The van der Waals surface area contributed by atoms with Crippen molar-refractivity contribution in [3.8, 4) is 0 Å². The predicted molar refractivity (Wildman–Crippen MR) is 76.8 cm³/mol. The van der Waals surface area contributed by atoms with E-state index in [0.29, 0.717) is 10.8 Å². The Morgan fingerprint density at radius 3 is 2.50 bits per heavy atom. The van der Waals surface area contributed by atoms with Gasteiger partial charge in [-0.3, -0.25) is 4.90 Å². The van der Waals surface area contributed by atoms with E-state index in [1.165, 1.54) is 64.8 Å². The fourth-order valence-corrected chi connectivity index (χ4v) is 4.61. The Morgan fingerprint density at radius 2 is 1.89 bits per heavy atom. The molecule has 1 aliphatic carbocycles. The summed E-state index contributed by atoms with van der Waals surface area (Å²) >= 11 is 0. The second-order valence-corrected chi connectivity index (χ2v) is 7.94. The molecule has 0 amide bonds. The van der Waals surface area contributed by atoms with Gasteiger partial charge in [0, 0.05) is 25.7 Å². The molecule has 2 heterocycles. The summed E-state index contributed by atoms with van der Waals surface area (Å²) in [6.07, 6.45) is 7.32. The van der Waals surface area contributed by atoms with Gasteiger partial charge in [0.2, 0.25) is 0 Å². The van der Waals surface area contributed by atoms with E-state index in [-0.39, 0.29) is 0 Å². The highest BCUT2D eigenvalue weighted by Gasteiger charge is 2.47. The maximum absolute atomic E-state index is 2.81.